The van der Waals surface area contributed by atoms with Gasteiger partial charge in [-0.3, -0.25) is 4.68 Å². The van der Waals surface area contributed by atoms with Gasteiger partial charge in [0.05, 0.1) is 6.20 Å². The van der Waals surface area contributed by atoms with E-state index in [4.69, 9.17) is 0 Å². The van der Waals surface area contributed by atoms with Crippen molar-refractivity contribution in [1.82, 2.24) is 9.78 Å². The van der Waals surface area contributed by atoms with E-state index in [0.717, 1.165) is 17.9 Å². The lowest BCUT2D eigenvalue weighted by molar-refractivity contribution is 0.667. The Hall–Kier alpha value is -1.22. The molecule has 0 radical (unpaired) electrons. The summed E-state index contributed by atoms with van der Waals surface area (Å²) in [5.41, 5.74) is 2.37. The van der Waals surface area contributed by atoms with Crippen molar-refractivity contribution in [2.75, 3.05) is 5.75 Å². The van der Waals surface area contributed by atoms with E-state index < -0.39 is 0 Å². The van der Waals surface area contributed by atoms with Crippen LogP contribution in [0.2, 0.25) is 0 Å². The number of nitrogens with zero attached hydrogens (tertiary/aromatic N) is 2. The smallest absolute Gasteiger partial charge is 0.0568 e. The number of hydrogen-bond acceptors (Lipinski definition) is 2. The van der Waals surface area contributed by atoms with Crippen molar-refractivity contribution >= 4 is 12.6 Å². The van der Waals surface area contributed by atoms with E-state index >= 15 is 0 Å². The SMILES string of the molecule is SCCn1cc(-c2ccccc2)cn1. The fourth-order valence-corrected chi connectivity index (χ4v) is 1.57. The van der Waals surface area contributed by atoms with Crippen LogP contribution in [0.4, 0.5) is 0 Å². The van der Waals surface area contributed by atoms with Crippen molar-refractivity contribution in [3.8, 4) is 11.1 Å². The molecule has 0 fully saturated rings. The molecular formula is C11H12N2S. The lowest BCUT2D eigenvalue weighted by Gasteiger charge is -1.96. The Morgan fingerprint density at radius 3 is 2.64 bits per heavy atom. The fraction of sp³-hybridized carbons (Fsp3) is 0.182. The molecule has 0 saturated heterocycles. The number of rotatable bonds is 3. The molecule has 1 heterocycles. The highest BCUT2D eigenvalue weighted by molar-refractivity contribution is 7.80. The van der Waals surface area contributed by atoms with Gasteiger partial charge in [0.1, 0.15) is 0 Å². The Morgan fingerprint density at radius 1 is 1.14 bits per heavy atom. The van der Waals surface area contributed by atoms with Crippen LogP contribution in [0.1, 0.15) is 0 Å². The first-order chi connectivity index (χ1) is 6.90. The first kappa shape index (κ1) is 9.34. The molecule has 14 heavy (non-hydrogen) atoms. The monoisotopic (exact) mass is 204 g/mol. The molecule has 0 aliphatic heterocycles. The third kappa shape index (κ3) is 1.99. The summed E-state index contributed by atoms with van der Waals surface area (Å²) in [6, 6.07) is 10.3. The molecule has 72 valence electrons. The predicted molar refractivity (Wildman–Crippen MR) is 61.5 cm³/mol. The number of thiol groups is 1. The summed E-state index contributed by atoms with van der Waals surface area (Å²) < 4.78 is 1.91. The van der Waals surface area contributed by atoms with Crippen LogP contribution in [0.25, 0.3) is 11.1 Å². The highest BCUT2D eigenvalue weighted by atomic mass is 32.1. The Labute approximate surface area is 89.0 Å². The van der Waals surface area contributed by atoms with Crippen LogP contribution in [0.3, 0.4) is 0 Å². The first-order valence-electron chi connectivity index (χ1n) is 4.59. The van der Waals surface area contributed by atoms with Gasteiger partial charge >= 0.3 is 0 Å². The van der Waals surface area contributed by atoms with E-state index in [1.807, 2.05) is 35.3 Å². The van der Waals surface area contributed by atoms with Crippen LogP contribution in [0, 0.1) is 0 Å². The minimum Gasteiger partial charge on any atom is -0.271 e. The fourth-order valence-electron chi connectivity index (χ4n) is 1.37. The maximum atomic E-state index is 4.25. The summed E-state index contributed by atoms with van der Waals surface area (Å²) in [6.07, 6.45) is 3.93. The summed E-state index contributed by atoms with van der Waals surface area (Å²) in [5, 5.41) is 4.25. The van der Waals surface area contributed by atoms with E-state index in [-0.39, 0.29) is 0 Å². The summed E-state index contributed by atoms with van der Waals surface area (Å²) in [6.45, 7) is 0.857. The van der Waals surface area contributed by atoms with Crippen molar-refractivity contribution in [3.05, 3.63) is 42.7 Å². The molecule has 0 amide bonds. The molecule has 2 aromatic rings. The molecule has 3 heteroatoms. The van der Waals surface area contributed by atoms with Gasteiger partial charge in [0.15, 0.2) is 0 Å². The molecule has 2 nitrogen and oxygen atoms in total. The molecule has 0 aliphatic carbocycles. The predicted octanol–water partition coefficient (Wildman–Crippen LogP) is 2.48. The van der Waals surface area contributed by atoms with Crippen LogP contribution >= 0.6 is 12.6 Å². The molecule has 1 aromatic heterocycles. The molecule has 0 bridgehead atoms. The van der Waals surface area contributed by atoms with Gasteiger partial charge in [-0.15, -0.1) is 0 Å². The highest BCUT2D eigenvalue weighted by Gasteiger charge is 1.99. The molecule has 2 rings (SSSR count). The number of aromatic nitrogens is 2. The zero-order valence-electron chi connectivity index (χ0n) is 7.80. The lowest BCUT2D eigenvalue weighted by atomic mass is 10.1. The zero-order chi connectivity index (χ0) is 9.80. The zero-order valence-corrected chi connectivity index (χ0v) is 8.69. The van der Waals surface area contributed by atoms with Crippen molar-refractivity contribution in [1.29, 1.82) is 0 Å². The Balaban J connectivity index is 2.25. The molecule has 0 spiro atoms. The molecule has 0 atom stereocenters. The Kier molecular flexibility index (Phi) is 2.89. The van der Waals surface area contributed by atoms with E-state index in [1.54, 1.807) is 0 Å². The Bertz CT molecular complexity index is 395. The van der Waals surface area contributed by atoms with Gasteiger partial charge in [-0.2, -0.15) is 17.7 Å². The maximum absolute atomic E-state index is 4.25. The highest BCUT2D eigenvalue weighted by Crippen LogP contribution is 2.17. The van der Waals surface area contributed by atoms with Crippen molar-refractivity contribution in [2.24, 2.45) is 0 Å². The van der Waals surface area contributed by atoms with E-state index in [9.17, 15) is 0 Å². The van der Waals surface area contributed by atoms with Gasteiger partial charge in [-0.25, -0.2) is 0 Å². The first-order valence-corrected chi connectivity index (χ1v) is 5.22. The summed E-state index contributed by atoms with van der Waals surface area (Å²) >= 11 is 4.17. The van der Waals surface area contributed by atoms with Gasteiger partial charge in [0.25, 0.3) is 0 Å². The topological polar surface area (TPSA) is 17.8 Å². The third-order valence-corrected chi connectivity index (χ3v) is 2.27. The van der Waals surface area contributed by atoms with Crippen molar-refractivity contribution in [2.45, 2.75) is 6.54 Å². The van der Waals surface area contributed by atoms with Crippen LogP contribution in [-0.2, 0) is 6.54 Å². The van der Waals surface area contributed by atoms with E-state index in [2.05, 4.69) is 29.9 Å². The number of hydrogen-bond donors (Lipinski definition) is 1. The summed E-state index contributed by atoms with van der Waals surface area (Å²) in [4.78, 5) is 0. The van der Waals surface area contributed by atoms with Crippen molar-refractivity contribution in [3.63, 3.8) is 0 Å². The standard InChI is InChI=1S/C11H12N2S/c14-7-6-13-9-11(8-12-13)10-4-2-1-3-5-10/h1-5,8-9,14H,6-7H2. The van der Waals surface area contributed by atoms with Gasteiger partial charge in [0.2, 0.25) is 0 Å². The van der Waals surface area contributed by atoms with Crippen LogP contribution in [-0.4, -0.2) is 15.5 Å². The van der Waals surface area contributed by atoms with Crippen LogP contribution in [0.5, 0.6) is 0 Å². The molecule has 0 saturated carbocycles. The average Bonchev–Trinajstić information content (AvgIpc) is 2.68. The summed E-state index contributed by atoms with van der Waals surface area (Å²) in [7, 11) is 0. The van der Waals surface area contributed by atoms with Crippen LogP contribution < -0.4 is 0 Å². The molecule has 0 unspecified atom stereocenters. The second kappa shape index (κ2) is 4.33. The molecule has 0 N–H and O–H groups in total. The molecular weight excluding hydrogens is 192 g/mol. The quantitative estimate of drug-likeness (QED) is 0.760. The van der Waals surface area contributed by atoms with Gasteiger partial charge in [0, 0.05) is 24.1 Å². The minimum atomic E-state index is 0.815. The second-order valence-electron chi connectivity index (χ2n) is 3.08. The van der Waals surface area contributed by atoms with E-state index in [0.29, 0.717) is 0 Å². The lowest BCUT2D eigenvalue weighted by Crippen LogP contribution is -1.98. The summed E-state index contributed by atoms with van der Waals surface area (Å²) in [5.74, 6) is 0.815. The molecule has 0 aliphatic rings. The normalized spacial score (nSPS) is 10.4. The van der Waals surface area contributed by atoms with Crippen molar-refractivity contribution < 1.29 is 0 Å². The number of benzene rings is 1. The van der Waals surface area contributed by atoms with Gasteiger partial charge in [-0.1, -0.05) is 30.3 Å². The maximum Gasteiger partial charge on any atom is 0.0568 e. The largest absolute Gasteiger partial charge is 0.271 e. The third-order valence-electron chi connectivity index (χ3n) is 2.07. The minimum absolute atomic E-state index is 0.815. The average molecular weight is 204 g/mol. The Morgan fingerprint density at radius 2 is 1.93 bits per heavy atom. The van der Waals surface area contributed by atoms with Gasteiger partial charge in [-0.05, 0) is 5.56 Å². The van der Waals surface area contributed by atoms with Crippen LogP contribution in [0.15, 0.2) is 42.7 Å². The van der Waals surface area contributed by atoms with Gasteiger partial charge < -0.3 is 0 Å². The van der Waals surface area contributed by atoms with E-state index in [1.165, 1.54) is 5.56 Å². The second-order valence-corrected chi connectivity index (χ2v) is 3.53. The molecule has 1 aromatic carbocycles. The number of aryl methyl sites for hydroxylation is 1.